The summed E-state index contributed by atoms with van der Waals surface area (Å²) in [5.74, 6) is 0. The molecule has 0 amide bonds. The van der Waals surface area contributed by atoms with Crippen LogP contribution in [0.2, 0.25) is 0 Å². The largest absolute Gasteiger partial charge is 0.425 e. The standard InChI is InChI=1S/C27H21F3N4O/c1-17(31)22-16-32-23-11-7-3-6-10-21(23)25(22)26(35,27(28,29)30)19-12-13-24-18(14-19)15-33-34(24)20-8-4-2-5-9-20/h2-10,12-16,35H,1,11,31H2. The lowest BCUT2D eigenvalue weighted by Gasteiger charge is -2.35. The van der Waals surface area contributed by atoms with Crippen LogP contribution in [0, 0.1) is 0 Å². The molecule has 4 aromatic rings. The van der Waals surface area contributed by atoms with Gasteiger partial charge < -0.3 is 10.8 Å². The van der Waals surface area contributed by atoms with Crippen LogP contribution in [0.5, 0.6) is 0 Å². The number of benzene rings is 2. The maximum absolute atomic E-state index is 14.9. The Hall–Kier alpha value is -4.17. The summed E-state index contributed by atoms with van der Waals surface area (Å²) in [6.07, 6.45) is 4.58. The Morgan fingerprint density at radius 1 is 1.06 bits per heavy atom. The van der Waals surface area contributed by atoms with Gasteiger partial charge in [-0.1, -0.05) is 55.1 Å². The monoisotopic (exact) mass is 474 g/mol. The molecule has 1 unspecified atom stereocenters. The van der Waals surface area contributed by atoms with Crippen molar-refractivity contribution in [3.63, 3.8) is 0 Å². The molecule has 1 aliphatic rings. The number of rotatable bonds is 4. The average Bonchev–Trinajstić information content (AvgIpc) is 3.11. The number of aromatic nitrogens is 3. The van der Waals surface area contributed by atoms with E-state index < -0.39 is 17.3 Å². The van der Waals surface area contributed by atoms with Crippen LogP contribution in [0.4, 0.5) is 13.2 Å². The highest BCUT2D eigenvalue weighted by molar-refractivity contribution is 5.82. The third kappa shape index (κ3) is 3.63. The van der Waals surface area contributed by atoms with Crippen molar-refractivity contribution in [3.05, 3.63) is 114 Å². The molecule has 0 radical (unpaired) electrons. The zero-order valence-corrected chi connectivity index (χ0v) is 18.5. The van der Waals surface area contributed by atoms with E-state index in [9.17, 15) is 18.3 Å². The maximum Gasteiger partial charge on any atom is 0.425 e. The maximum atomic E-state index is 14.9. The lowest BCUT2D eigenvalue weighted by Crippen LogP contribution is -2.45. The van der Waals surface area contributed by atoms with Crippen LogP contribution in [0.15, 0.2) is 85.7 Å². The van der Waals surface area contributed by atoms with Crippen LogP contribution in [-0.4, -0.2) is 26.0 Å². The molecular weight excluding hydrogens is 453 g/mol. The molecule has 2 aromatic carbocycles. The molecule has 2 heterocycles. The van der Waals surface area contributed by atoms with Crippen molar-refractivity contribution in [1.82, 2.24) is 14.8 Å². The Bertz CT molecular complexity index is 1500. The number of allylic oxidation sites excluding steroid dienone is 3. The lowest BCUT2D eigenvalue weighted by atomic mass is 9.79. The van der Waals surface area contributed by atoms with Crippen LogP contribution in [-0.2, 0) is 12.0 Å². The van der Waals surface area contributed by atoms with Gasteiger partial charge in [0.15, 0.2) is 0 Å². The van der Waals surface area contributed by atoms with Crippen LogP contribution < -0.4 is 5.73 Å². The summed E-state index contributed by atoms with van der Waals surface area (Å²) in [7, 11) is 0. The van der Waals surface area contributed by atoms with Gasteiger partial charge in [0, 0.05) is 40.4 Å². The number of fused-ring (bicyclic) bond motifs is 2. The molecule has 1 atom stereocenters. The minimum Gasteiger partial charge on any atom is -0.399 e. The van der Waals surface area contributed by atoms with Crippen LogP contribution in [0.25, 0.3) is 28.4 Å². The van der Waals surface area contributed by atoms with Crippen molar-refractivity contribution >= 4 is 22.7 Å². The molecule has 0 aliphatic heterocycles. The predicted octanol–water partition coefficient (Wildman–Crippen LogP) is 5.27. The Morgan fingerprint density at radius 3 is 2.54 bits per heavy atom. The summed E-state index contributed by atoms with van der Waals surface area (Å²) in [6, 6.07) is 13.3. The van der Waals surface area contributed by atoms with Crippen molar-refractivity contribution in [2.45, 2.75) is 18.2 Å². The fraction of sp³-hybridized carbons (Fsp3) is 0.111. The van der Waals surface area contributed by atoms with Crippen LogP contribution >= 0.6 is 0 Å². The van der Waals surface area contributed by atoms with Gasteiger partial charge in [0.1, 0.15) is 0 Å². The molecule has 0 spiro atoms. The Kier molecular flexibility index (Phi) is 5.33. The van der Waals surface area contributed by atoms with E-state index >= 15 is 0 Å². The number of nitrogens with zero attached hydrogens (tertiary/aromatic N) is 3. The van der Waals surface area contributed by atoms with Gasteiger partial charge in [-0.05, 0) is 29.8 Å². The molecule has 2 aromatic heterocycles. The predicted molar refractivity (Wildman–Crippen MR) is 129 cm³/mol. The van der Waals surface area contributed by atoms with Gasteiger partial charge >= 0.3 is 6.18 Å². The van der Waals surface area contributed by atoms with E-state index in [4.69, 9.17) is 5.73 Å². The molecule has 35 heavy (non-hydrogen) atoms. The molecule has 176 valence electrons. The first-order valence-electron chi connectivity index (χ1n) is 10.8. The van der Waals surface area contributed by atoms with Gasteiger partial charge in [-0.25, -0.2) is 4.68 Å². The highest BCUT2D eigenvalue weighted by Crippen LogP contribution is 2.48. The van der Waals surface area contributed by atoms with Gasteiger partial charge in [0.25, 0.3) is 0 Å². The number of alkyl halides is 3. The first-order valence-corrected chi connectivity index (χ1v) is 10.8. The van der Waals surface area contributed by atoms with E-state index in [-0.39, 0.29) is 22.4 Å². The minimum absolute atomic E-state index is 0.0600. The first-order chi connectivity index (χ1) is 16.7. The molecule has 0 saturated heterocycles. The summed E-state index contributed by atoms with van der Waals surface area (Å²) in [5.41, 5.74) is 3.52. The second-order valence-electron chi connectivity index (χ2n) is 8.30. The van der Waals surface area contributed by atoms with Crippen LogP contribution in [0.3, 0.4) is 0 Å². The van der Waals surface area contributed by atoms with E-state index in [1.54, 1.807) is 22.9 Å². The van der Waals surface area contributed by atoms with E-state index in [1.807, 2.05) is 30.3 Å². The summed E-state index contributed by atoms with van der Waals surface area (Å²) >= 11 is 0. The summed E-state index contributed by atoms with van der Waals surface area (Å²) in [4.78, 5) is 4.30. The number of aliphatic hydroxyl groups is 1. The van der Waals surface area contributed by atoms with Crippen molar-refractivity contribution < 1.29 is 18.3 Å². The summed E-state index contributed by atoms with van der Waals surface area (Å²) in [5, 5.41) is 16.4. The number of pyridine rings is 1. The fourth-order valence-corrected chi connectivity index (χ4v) is 4.43. The van der Waals surface area contributed by atoms with Crippen molar-refractivity contribution in [3.8, 4) is 5.69 Å². The minimum atomic E-state index is -5.08. The summed E-state index contributed by atoms with van der Waals surface area (Å²) < 4.78 is 46.2. The van der Waals surface area contributed by atoms with Crippen LogP contribution in [0.1, 0.15) is 27.9 Å². The molecular formula is C27H21F3N4O. The van der Waals surface area contributed by atoms with Gasteiger partial charge in [-0.15, -0.1) is 0 Å². The highest BCUT2D eigenvalue weighted by Gasteiger charge is 2.58. The lowest BCUT2D eigenvalue weighted by molar-refractivity contribution is -0.248. The van der Waals surface area contributed by atoms with Crippen molar-refractivity contribution in [2.75, 3.05) is 0 Å². The number of hydrogen-bond acceptors (Lipinski definition) is 4. The molecule has 3 N–H and O–H groups in total. The third-order valence-corrected chi connectivity index (χ3v) is 6.12. The molecule has 5 rings (SSSR count). The Morgan fingerprint density at radius 2 is 1.83 bits per heavy atom. The zero-order chi connectivity index (χ0) is 24.8. The second-order valence-corrected chi connectivity index (χ2v) is 8.30. The van der Waals surface area contributed by atoms with E-state index in [1.165, 1.54) is 36.7 Å². The normalized spacial score (nSPS) is 15.0. The van der Waals surface area contributed by atoms with E-state index in [2.05, 4.69) is 16.7 Å². The smallest absolute Gasteiger partial charge is 0.399 e. The van der Waals surface area contributed by atoms with Crippen molar-refractivity contribution in [2.24, 2.45) is 5.73 Å². The number of hydrogen-bond donors (Lipinski definition) is 2. The molecule has 0 fully saturated rings. The highest BCUT2D eigenvalue weighted by atomic mass is 19.4. The molecule has 1 aliphatic carbocycles. The summed E-state index contributed by atoms with van der Waals surface area (Å²) in [6.45, 7) is 3.64. The van der Waals surface area contributed by atoms with Gasteiger partial charge in [0.05, 0.1) is 23.1 Å². The molecule has 0 bridgehead atoms. The number of para-hydroxylation sites is 1. The van der Waals surface area contributed by atoms with E-state index in [0.717, 1.165) is 5.69 Å². The molecule has 0 saturated carbocycles. The van der Waals surface area contributed by atoms with Gasteiger partial charge in [-0.2, -0.15) is 18.3 Å². The first kappa shape index (κ1) is 22.6. The fourth-order valence-electron chi connectivity index (χ4n) is 4.43. The Balaban J connectivity index is 1.78. The van der Waals surface area contributed by atoms with Crippen molar-refractivity contribution in [1.29, 1.82) is 0 Å². The van der Waals surface area contributed by atoms with Gasteiger partial charge in [0.2, 0.25) is 5.60 Å². The van der Waals surface area contributed by atoms with Gasteiger partial charge in [-0.3, -0.25) is 4.98 Å². The third-order valence-electron chi connectivity index (χ3n) is 6.12. The second kappa shape index (κ2) is 8.25. The number of nitrogens with two attached hydrogens (primary N) is 1. The zero-order valence-electron chi connectivity index (χ0n) is 18.5. The number of halogens is 3. The van der Waals surface area contributed by atoms with E-state index in [0.29, 0.717) is 23.0 Å². The molecule has 5 nitrogen and oxygen atoms in total. The topological polar surface area (TPSA) is 77.0 Å². The molecule has 8 heteroatoms. The quantitative estimate of drug-likeness (QED) is 0.422. The average molecular weight is 474 g/mol. The Labute approximate surface area is 199 Å². The SMILES string of the molecule is C=C(N)c1cnc2c(c1C(O)(c1ccc3c(cnn3-c3ccccc3)c1)C(F)(F)F)C=CC=CC2.